The van der Waals surface area contributed by atoms with E-state index in [1.54, 1.807) is 23.9 Å². The highest BCUT2D eigenvalue weighted by Crippen LogP contribution is 2.22. The third kappa shape index (κ3) is 6.78. The molecule has 2 rings (SSSR count). The Kier molecular flexibility index (Phi) is 7.01. The maximum Gasteiger partial charge on any atom is 0.253 e. The lowest BCUT2D eigenvalue weighted by molar-refractivity contribution is 0.0957. The summed E-state index contributed by atoms with van der Waals surface area (Å²) in [6.07, 6.45) is 1.02. The van der Waals surface area contributed by atoms with Crippen LogP contribution in [0.5, 0.6) is 0 Å². The minimum atomic E-state index is -3.50. The van der Waals surface area contributed by atoms with E-state index in [0.717, 1.165) is 11.2 Å². The molecule has 0 aliphatic heterocycles. The highest BCUT2D eigenvalue weighted by molar-refractivity contribution is 7.99. The van der Waals surface area contributed by atoms with Gasteiger partial charge in [0.2, 0.25) is 10.0 Å². The van der Waals surface area contributed by atoms with Gasteiger partial charge in [-0.25, -0.2) is 8.42 Å². The summed E-state index contributed by atoms with van der Waals surface area (Å²) in [5, 5.41) is 3.77. The first kappa shape index (κ1) is 19.9. The van der Waals surface area contributed by atoms with Crippen LogP contribution in [0.3, 0.4) is 0 Å². The second-order valence-corrected chi connectivity index (χ2v) is 8.91. The first-order valence-corrected chi connectivity index (χ1v) is 10.8. The fourth-order valence-corrected chi connectivity index (χ4v) is 3.60. The topological polar surface area (TPSA) is 75.3 Å². The van der Waals surface area contributed by atoms with Crippen molar-refractivity contribution in [2.24, 2.45) is 0 Å². The third-order valence-electron chi connectivity index (χ3n) is 2.99. The lowest BCUT2D eigenvalue weighted by Gasteiger charge is -2.11. The molecule has 0 spiro atoms. The summed E-state index contributed by atoms with van der Waals surface area (Å²) >= 11 is 13.3. The molecule has 0 heterocycles. The van der Waals surface area contributed by atoms with Crippen LogP contribution in [0.15, 0.2) is 47.4 Å². The Hall–Kier alpha value is -1.41. The van der Waals surface area contributed by atoms with Crippen molar-refractivity contribution < 1.29 is 13.2 Å². The van der Waals surface area contributed by atoms with Crippen LogP contribution in [0.4, 0.5) is 5.69 Å². The normalized spacial score (nSPS) is 11.2. The maximum atomic E-state index is 12.3. The monoisotopic (exact) mass is 418 g/mol. The Morgan fingerprint density at radius 3 is 2.36 bits per heavy atom. The number of carbonyl (C=O) groups excluding carboxylic acids is 1. The van der Waals surface area contributed by atoms with Gasteiger partial charge < -0.3 is 5.32 Å². The van der Waals surface area contributed by atoms with Crippen LogP contribution in [0, 0.1) is 0 Å². The van der Waals surface area contributed by atoms with Crippen molar-refractivity contribution in [1.82, 2.24) is 5.32 Å². The Bertz CT molecular complexity index is 856. The van der Waals surface area contributed by atoms with Crippen LogP contribution in [-0.2, 0) is 10.0 Å². The summed E-state index contributed by atoms with van der Waals surface area (Å²) in [5.74, 6) is 0.258. The highest BCUT2D eigenvalue weighted by Gasteiger charge is 2.14. The zero-order valence-corrected chi connectivity index (χ0v) is 16.4. The standard InChI is InChI=1S/C16H16Cl2N2O3S2/c1-25(22,23)20-15-7-4-12(18)10-14(15)16(21)19-8-9-24-13-5-2-11(17)3-6-13/h2-7,10,20H,8-9H2,1H3,(H,19,21). The molecular weight excluding hydrogens is 403 g/mol. The SMILES string of the molecule is CS(=O)(=O)Nc1ccc(Cl)cc1C(=O)NCCSc1ccc(Cl)cc1. The molecule has 0 saturated heterocycles. The van der Waals surface area contributed by atoms with Crippen LogP contribution in [0.2, 0.25) is 10.0 Å². The minimum absolute atomic E-state index is 0.175. The fourth-order valence-electron chi connectivity index (χ4n) is 1.95. The molecule has 2 aromatic rings. The number of benzene rings is 2. The van der Waals surface area contributed by atoms with E-state index in [1.807, 2.05) is 12.1 Å². The summed E-state index contributed by atoms with van der Waals surface area (Å²) in [4.78, 5) is 13.4. The molecule has 0 aliphatic carbocycles. The third-order valence-corrected chi connectivity index (χ3v) is 5.08. The second-order valence-electron chi connectivity index (χ2n) is 5.12. The first-order chi connectivity index (χ1) is 11.7. The van der Waals surface area contributed by atoms with E-state index in [1.165, 1.54) is 18.2 Å². The second kappa shape index (κ2) is 8.80. The molecule has 2 aromatic carbocycles. The van der Waals surface area contributed by atoms with Crippen molar-refractivity contribution in [2.75, 3.05) is 23.3 Å². The van der Waals surface area contributed by atoms with E-state index in [-0.39, 0.29) is 11.3 Å². The first-order valence-electron chi connectivity index (χ1n) is 7.18. The average molecular weight is 419 g/mol. The summed E-state index contributed by atoms with van der Waals surface area (Å²) in [6.45, 7) is 0.414. The molecule has 5 nitrogen and oxygen atoms in total. The molecule has 0 unspecified atom stereocenters. The predicted molar refractivity (Wildman–Crippen MR) is 104 cm³/mol. The van der Waals surface area contributed by atoms with Gasteiger partial charge in [0.25, 0.3) is 5.91 Å². The van der Waals surface area contributed by atoms with Gasteiger partial charge in [0.15, 0.2) is 0 Å². The van der Waals surface area contributed by atoms with E-state index in [0.29, 0.717) is 22.3 Å². The van der Waals surface area contributed by atoms with E-state index in [4.69, 9.17) is 23.2 Å². The van der Waals surface area contributed by atoms with Crippen LogP contribution in [-0.4, -0.2) is 32.9 Å². The van der Waals surface area contributed by atoms with Gasteiger partial charge in [-0.15, -0.1) is 11.8 Å². The summed E-state index contributed by atoms with van der Waals surface area (Å²) in [6, 6.07) is 11.8. The molecule has 0 aromatic heterocycles. The van der Waals surface area contributed by atoms with Gasteiger partial charge in [0.05, 0.1) is 17.5 Å². The molecule has 25 heavy (non-hydrogen) atoms. The Balaban J connectivity index is 1.96. The molecule has 2 N–H and O–H groups in total. The number of nitrogens with one attached hydrogen (secondary N) is 2. The number of amides is 1. The number of anilines is 1. The molecule has 134 valence electrons. The molecule has 0 atom stereocenters. The van der Waals surface area contributed by atoms with Crippen LogP contribution in [0.25, 0.3) is 0 Å². The lowest BCUT2D eigenvalue weighted by Crippen LogP contribution is -2.27. The van der Waals surface area contributed by atoms with Gasteiger partial charge in [0, 0.05) is 27.2 Å². The van der Waals surface area contributed by atoms with E-state index >= 15 is 0 Å². The van der Waals surface area contributed by atoms with E-state index < -0.39 is 15.9 Å². The summed E-state index contributed by atoms with van der Waals surface area (Å²) in [7, 11) is -3.50. The van der Waals surface area contributed by atoms with Gasteiger partial charge >= 0.3 is 0 Å². The molecule has 0 aliphatic rings. The van der Waals surface area contributed by atoms with Crippen molar-refractivity contribution >= 4 is 56.6 Å². The molecule has 9 heteroatoms. The number of carbonyl (C=O) groups is 1. The number of sulfonamides is 1. The number of hydrogen-bond acceptors (Lipinski definition) is 4. The van der Waals surface area contributed by atoms with Crippen molar-refractivity contribution in [2.45, 2.75) is 4.90 Å². The largest absolute Gasteiger partial charge is 0.351 e. The summed E-state index contributed by atoms with van der Waals surface area (Å²) in [5.41, 5.74) is 0.365. The van der Waals surface area contributed by atoms with Crippen LogP contribution < -0.4 is 10.0 Å². The molecule has 1 amide bonds. The lowest BCUT2D eigenvalue weighted by atomic mass is 10.1. The van der Waals surface area contributed by atoms with Crippen molar-refractivity contribution in [3.8, 4) is 0 Å². The van der Waals surface area contributed by atoms with Gasteiger partial charge in [-0.3, -0.25) is 9.52 Å². The quantitative estimate of drug-likeness (QED) is 0.528. The van der Waals surface area contributed by atoms with Crippen molar-refractivity contribution in [3.63, 3.8) is 0 Å². The molecule has 0 fully saturated rings. The summed E-state index contributed by atoms with van der Waals surface area (Å²) < 4.78 is 25.1. The maximum absolute atomic E-state index is 12.3. The van der Waals surface area contributed by atoms with Crippen LogP contribution in [0.1, 0.15) is 10.4 Å². The molecular formula is C16H16Cl2N2O3S2. The predicted octanol–water partition coefficient (Wildman–Crippen LogP) is 3.89. The van der Waals surface area contributed by atoms with E-state index in [2.05, 4.69) is 10.0 Å². The minimum Gasteiger partial charge on any atom is -0.351 e. The van der Waals surface area contributed by atoms with Crippen molar-refractivity contribution in [1.29, 1.82) is 0 Å². The van der Waals surface area contributed by atoms with Gasteiger partial charge in [-0.05, 0) is 42.5 Å². The van der Waals surface area contributed by atoms with Crippen LogP contribution >= 0.6 is 35.0 Å². The molecule has 0 radical (unpaired) electrons. The molecule has 0 bridgehead atoms. The Morgan fingerprint density at radius 2 is 1.72 bits per heavy atom. The number of halogens is 2. The Labute approximate surface area is 161 Å². The molecule has 0 saturated carbocycles. The van der Waals surface area contributed by atoms with Gasteiger partial charge in [-0.2, -0.15) is 0 Å². The van der Waals surface area contributed by atoms with Gasteiger partial charge in [-0.1, -0.05) is 23.2 Å². The zero-order chi connectivity index (χ0) is 18.4. The highest BCUT2D eigenvalue weighted by atomic mass is 35.5. The Morgan fingerprint density at radius 1 is 1.08 bits per heavy atom. The number of rotatable bonds is 7. The smallest absolute Gasteiger partial charge is 0.253 e. The zero-order valence-electron chi connectivity index (χ0n) is 13.3. The van der Waals surface area contributed by atoms with Crippen molar-refractivity contribution in [3.05, 3.63) is 58.1 Å². The average Bonchev–Trinajstić information content (AvgIpc) is 2.53. The number of thioether (sulfide) groups is 1. The van der Waals surface area contributed by atoms with Gasteiger partial charge in [0.1, 0.15) is 0 Å². The fraction of sp³-hybridized carbons (Fsp3) is 0.188. The van der Waals surface area contributed by atoms with E-state index in [9.17, 15) is 13.2 Å². The number of hydrogen-bond donors (Lipinski definition) is 2.